The second-order valence-corrected chi connectivity index (χ2v) is 8.25. The van der Waals surface area contributed by atoms with E-state index < -0.39 is 16.4 Å². The Kier molecular flexibility index (Phi) is 4.74. The number of thiazole rings is 1. The molecule has 3 rings (SSSR count). The van der Waals surface area contributed by atoms with E-state index in [0.717, 1.165) is 17.8 Å². The summed E-state index contributed by atoms with van der Waals surface area (Å²) >= 11 is 0.837. The predicted molar refractivity (Wildman–Crippen MR) is 92.6 cm³/mol. The average molecular weight is 386 g/mol. The minimum Gasteiger partial charge on any atom is -0.333 e. The first-order valence-corrected chi connectivity index (χ1v) is 9.85. The molecule has 0 spiro atoms. The standard InChI is InChI=1S/C15H16F2N4O2S2/c1-3-9(2)21-7-13(18-8-21)25(22,23)20-10-4-5-11-12(6-10)24-15(19-11)14(16)17/h4-9,14,20H,3H2,1-2H3. The highest BCUT2D eigenvalue weighted by Crippen LogP contribution is 2.31. The van der Waals surface area contributed by atoms with Crippen LogP contribution in [0.4, 0.5) is 14.5 Å². The van der Waals surface area contributed by atoms with Crippen molar-refractivity contribution in [2.45, 2.75) is 37.8 Å². The highest BCUT2D eigenvalue weighted by Gasteiger charge is 2.20. The van der Waals surface area contributed by atoms with Gasteiger partial charge in [-0.1, -0.05) is 6.92 Å². The first-order chi connectivity index (χ1) is 11.8. The molecule has 0 aliphatic carbocycles. The fraction of sp³-hybridized carbons (Fsp3) is 0.333. The van der Waals surface area contributed by atoms with E-state index in [2.05, 4.69) is 14.7 Å². The summed E-state index contributed by atoms with van der Waals surface area (Å²) in [5.74, 6) is 0. The summed E-state index contributed by atoms with van der Waals surface area (Å²) in [6.45, 7) is 3.96. The number of hydrogen-bond acceptors (Lipinski definition) is 5. The van der Waals surface area contributed by atoms with Crippen LogP contribution in [0.3, 0.4) is 0 Å². The van der Waals surface area contributed by atoms with Crippen LogP contribution in [0.2, 0.25) is 0 Å². The van der Waals surface area contributed by atoms with Crippen molar-refractivity contribution in [3.8, 4) is 0 Å². The first kappa shape index (κ1) is 17.7. The third-order valence-corrected chi connectivity index (χ3v) is 6.09. The van der Waals surface area contributed by atoms with Gasteiger partial charge in [0.15, 0.2) is 10.0 Å². The van der Waals surface area contributed by atoms with Crippen LogP contribution in [0.1, 0.15) is 37.7 Å². The van der Waals surface area contributed by atoms with Gasteiger partial charge < -0.3 is 4.57 Å². The smallest absolute Gasteiger partial charge is 0.289 e. The van der Waals surface area contributed by atoms with Gasteiger partial charge in [0.2, 0.25) is 0 Å². The molecule has 2 heterocycles. The van der Waals surface area contributed by atoms with E-state index in [4.69, 9.17) is 0 Å². The molecule has 10 heteroatoms. The molecule has 3 aromatic rings. The Hall–Kier alpha value is -2.07. The van der Waals surface area contributed by atoms with Crippen molar-refractivity contribution in [1.82, 2.24) is 14.5 Å². The molecule has 1 aromatic carbocycles. The van der Waals surface area contributed by atoms with E-state index in [1.165, 1.54) is 30.7 Å². The molecule has 6 nitrogen and oxygen atoms in total. The number of nitrogens with one attached hydrogen (secondary N) is 1. The molecule has 0 aliphatic heterocycles. The zero-order valence-corrected chi connectivity index (χ0v) is 15.1. The van der Waals surface area contributed by atoms with Crippen molar-refractivity contribution in [3.63, 3.8) is 0 Å². The lowest BCUT2D eigenvalue weighted by Gasteiger charge is -2.09. The summed E-state index contributed by atoms with van der Waals surface area (Å²) in [6, 6.07) is 4.62. The second-order valence-electron chi connectivity index (χ2n) is 5.56. The number of rotatable bonds is 6. The summed E-state index contributed by atoms with van der Waals surface area (Å²) in [7, 11) is -3.86. The molecule has 1 unspecified atom stereocenters. The molecular formula is C15H16F2N4O2S2. The van der Waals surface area contributed by atoms with Gasteiger partial charge in [-0.15, -0.1) is 11.3 Å². The van der Waals surface area contributed by atoms with Crippen molar-refractivity contribution in [1.29, 1.82) is 0 Å². The second kappa shape index (κ2) is 6.68. The molecule has 0 fully saturated rings. The van der Waals surface area contributed by atoms with E-state index >= 15 is 0 Å². The molecule has 0 radical (unpaired) electrons. The minimum absolute atomic E-state index is 0.0922. The molecule has 1 atom stereocenters. The van der Waals surface area contributed by atoms with Gasteiger partial charge in [0.05, 0.1) is 22.2 Å². The zero-order chi connectivity index (χ0) is 18.2. The number of imidazole rings is 1. The Morgan fingerprint density at radius 2 is 2.12 bits per heavy atom. The number of nitrogens with zero attached hydrogens (tertiary/aromatic N) is 3. The molecule has 134 valence electrons. The van der Waals surface area contributed by atoms with Crippen molar-refractivity contribution >= 4 is 37.3 Å². The zero-order valence-electron chi connectivity index (χ0n) is 13.5. The number of aromatic nitrogens is 3. The summed E-state index contributed by atoms with van der Waals surface area (Å²) in [6.07, 6.45) is 1.14. The Morgan fingerprint density at radius 3 is 2.80 bits per heavy atom. The highest BCUT2D eigenvalue weighted by molar-refractivity contribution is 7.92. The molecule has 0 bridgehead atoms. The van der Waals surface area contributed by atoms with E-state index in [0.29, 0.717) is 10.2 Å². The largest absolute Gasteiger partial charge is 0.333 e. The van der Waals surface area contributed by atoms with Crippen molar-refractivity contribution in [2.75, 3.05) is 4.72 Å². The van der Waals surface area contributed by atoms with Gasteiger partial charge in [-0.3, -0.25) is 4.72 Å². The lowest BCUT2D eigenvalue weighted by molar-refractivity contribution is 0.151. The third kappa shape index (κ3) is 3.64. The molecule has 2 aromatic heterocycles. The van der Waals surface area contributed by atoms with Crippen LogP contribution < -0.4 is 4.72 Å². The number of halogens is 2. The number of anilines is 1. The monoisotopic (exact) mass is 386 g/mol. The van der Waals surface area contributed by atoms with Crippen LogP contribution >= 0.6 is 11.3 Å². The Morgan fingerprint density at radius 1 is 1.36 bits per heavy atom. The maximum absolute atomic E-state index is 12.7. The first-order valence-electron chi connectivity index (χ1n) is 7.55. The molecule has 25 heavy (non-hydrogen) atoms. The summed E-state index contributed by atoms with van der Waals surface area (Å²) in [4.78, 5) is 7.76. The minimum atomic E-state index is -3.86. The van der Waals surface area contributed by atoms with E-state index in [1.54, 1.807) is 4.57 Å². The molecule has 1 N–H and O–H groups in total. The van der Waals surface area contributed by atoms with Crippen LogP contribution in [-0.4, -0.2) is 23.0 Å². The Balaban J connectivity index is 1.87. The number of fused-ring (bicyclic) bond motifs is 1. The maximum Gasteiger partial charge on any atom is 0.289 e. The van der Waals surface area contributed by atoms with Gasteiger partial charge in [-0.2, -0.15) is 8.42 Å². The quantitative estimate of drug-likeness (QED) is 0.689. The lowest BCUT2D eigenvalue weighted by Crippen LogP contribution is -2.13. The number of alkyl halides is 2. The number of sulfonamides is 1. The van der Waals surface area contributed by atoms with Gasteiger partial charge in [0.25, 0.3) is 16.4 Å². The SMILES string of the molecule is CCC(C)n1cnc(S(=O)(=O)Nc2ccc3nc(C(F)F)sc3c2)c1. The fourth-order valence-electron chi connectivity index (χ4n) is 2.22. The molecule has 0 saturated heterocycles. The van der Waals surface area contributed by atoms with Crippen molar-refractivity contribution < 1.29 is 17.2 Å². The Bertz CT molecular complexity index is 998. The van der Waals surface area contributed by atoms with E-state index in [1.807, 2.05) is 13.8 Å². The van der Waals surface area contributed by atoms with Gasteiger partial charge in [0.1, 0.15) is 0 Å². The summed E-state index contributed by atoms with van der Waals surface area (Å²) in [5, 5.41) is -0.382. The van der Waals surface area contributed by atoms with Crippen LogP contribution in [-0.2, 0) is 10.0 Å². The summed E-state index contributed by atoms with van der Waals surface area (Å²) in [5.41, 5.74) is 0.680. The average Bonchev–Trinajstić information content (AvgIpc) is 3.20. The van der Waals surface area contributed by atoms with Gasteiger partial charge in [-0.05, 0) is 31.5 Å². The van der Waals surface area contributed by atoms with Gasteiger partial charge >= 0.3 is 0 Å². The molecule has 0 amide bonds. The van der Waals surface area contributed by atoms with E-state index in [-0.39, 0.29) is 21.8 Å². The van der Waals surface area contributed by atoms with Crippen LogP contribution in [0.25, 0.3) is 10.2 Å². The molecule has 0 aliphatic rings. The lowest BCUT2D eigenvalue weighted by atomic mass is 10.3. The van der Waals surface area contributed by atoms with Crippen LogP contribution in [0.15, 0.2) is 35.7 Å². The third-order valence-electron chi connectivity index (χ3n) is 3.80. The topological polar surface area (TPSA) is 76.9 Å². The van der Waals surface area contributed by atoms with Gasteiger partial charge in [-0.25, -0.2) is 18.7 Å². The van der Waals surface area contributed by atoms with Crippen molar-refractivity contribution in [2.24, 2.45) is 0 Å². The number of hydrogen-bond donors (Lipinski definition) is 1. The van der Waals surface area contributed by atoms with Crippen molar-refractivity contribution in [3.05, 3.63) is 35.7 Å². The summed E-state index contributed by atoms with van der Waals surface area (Å²) < 4.78 is 55.0. The van der Waals surface area contributed by atoms with Gasteiger partial charge in [0, 0.05) is 12.2 Å². The fourth-order valence-corrected chi connectivity index (χ4v) is 4.07. The molecule has 0 saturated carbocycles. The predicted octanol–water partition coefficient (Wildman–Crippen LogP) is 4.20. The van der Waals surface area contributed by atoms with Crippen LogP contribution in [0, 0.1) is 0 Å². The maximum atomic E-state index is 12.7. The molecular weight excluding hydrogens is 370 g/mol. The Labute approximate surface area is 147 Å². The highest BCUT2D eigenvalue weighted by atomic mass is 32.2. The van der Waals surface area contributed by atoms with E-state index in [9.17, 15) is 17.2 Å². The normalized spacial score (nSPS) is 13.5. The number of benzene rings is 1. The van der Waals surface area contributed by atoms with Crippen LogP contribution in [0.5, 0.6) is 0 Å².